The van der Waals surface area contributed by atoms with E-state index in [1.165, 1.54) is 0 Å². The van der Waals surface area contributed by atoms with Gasteiger partial charge in [0.05, 0.1) is 25.0 Å². The van der Waals surface area contributed by atoms with E-state index in [2.05, 4.69) is 15.6 Å². The molecular formula is C23H36IN3O4. The lowest BCUT2D eigenvalue weighted by Gasteiger charge is -2.15. The van der Waals surface area contributed by atoms with Crippen molar-refractivity contribution < 1.29 is 19.0 Å². The Bertz CT molecular complexity index is 721. The van der Waals surface area contributed by atoms with E-state index in [-0.39, 0.29) is 36.6 Å². The third kappa shape index (κ3) is 11.4. The van der Waals surface area contributed by atoms with Crippen LogP contribution in [0.3, 0.4) is 0 Å². The number of halogens is 1. The molecule has 1 heterocycles. The first-order chi connectivity index (χ1) is 14.6. The first-order valence-corrected chi connectivity index (χ1v) is 10.7. The Balaban J connectivity index is 0.00000480. The maximum atomic E-state index is 10.5. The molecule has 2 aromatic rings. The summed E-state index contributed by atoms with van der Waals surface area (Å²) in [6.07, 6.45) is 2.74. The number of rotatable bonds is 13. The van der Waals surface area contributed by atoms with Gasteiger partial charge in [-0.05, 0) is 57.0 Å². The van der Waals surface area contributed by atoms with Gasteiger partial charge >= 0.3 is 0 Å². The summed E-state index contributed by atoms with van der Waals surface area (Å²) in [5.41, 5.74) is 0.807. The number of ether oxygens (including phenoxy) is 2. The van der Waals surface area contributed by atoms with Crippen molar-refractivity contribution in [3.63, 3.8) is 0 Å². The van der Waals surface area contributed by atoms with Gasteiger partial charge < -0.3 is 29.6 Å². The van der Waals surface area contributed by atoms with Gasteiger partial charge in [0.15, 0.2) is 5.96 Å². The number of aliphatic hydroxyl groups excluding tert-OH is 1. The zero-order valence-electron chi connectivity index (χ0n) is 18.7. The van der Waals surface area contributed by atoms with Crippen molar-refractivity contribution in [3.8, 4) is 5.75 Å². The third-order valence-corrected chi connectivity index (χ3v) is 4.26. The van der Waals surface area contributed by atoms with Gasteiger partial charge in [0.1, 0.15) is 11.5 Å². The molecule has 0 aliphatic rings. The zero-order valence-corrected chi connectivity index (χ0v) is 21.0. The summed E-state index contributed by atoms with van der Waals surface area (Å²) in [7, 11) is 0. The smallest absolute Gasteiger partial charge is 0.191 e. The molecule has 0 saturated heterocycles. The topological polar surface area (TPSA) is 88.2 Å². The predicted molar refractivity (Wildman–Crippen MR) is 134 cm³/mol. The minimum Gasteiger partial charge on any atom is -0.491 e. The van der Waals surface area contributed by atoms with E-state index >= 15 is 0 Å². The second-order valence-corrected chi connectivity index (χ2v) is 7.17. The molecule has 1 aromatic heterocycles. The van der Waals surface area contributed by atoms with E-state index < -0.39 is 6.10 Å². The zero-order chi connectivity index (χ0) is 21.6. The highest BCUT2D eigenvalue weighted by Crippen LogP contribution is 2.19. The summed E-state index contributed by atoms with van der Waals surface area (Å²) >= 11 is 0. The van der Waals surface area contributed by atoms with Crippen molar-refractivity contribution in [1.29, 1.82) is 0 Å². The van der Waals surface area contributed by atoms with Gasteiger partial charge in [-0.25, -0.2) is 0 Å². The van der Waals surface area contributed by atoms with Crippen LogP contribution in [0.5, 0.6) is 5.75 Å². The molecule has 0 aliphatic heterocycles. The van der Waals surface area contributed by atoms with Crippen LogP contribution in [0.2, 0.25) is 0 Å². The van der Waals surface area contributed by atoms with Crippen LogP contribution in [0.4, 0.5) is 0 Å². The Morgan fingerprint density at radius 1 is 1.13 bits per heavy atom. The standard InChI is InChI=1S/C23H35N3O4.HI/c1-4-28-15-6-13-24-23(25-14-12-20-7-5-16-29-20)26-17-22(27)19-8-10-21(11-9-19)30-18(2)3;/h5,7-11,16,18,22,27H,4,6,12-15,17H2,1-3H3,(H2,24,25,26);1H. The molecule has 1 atom stereocenters. The number of hydrogen-bond donors (Lipinski definition) is 3. The van der Waals surface area contributed by atoms with Crippen molar-refractivity contribution in [2.75, 3.05) is 32.8 Å². The fourth-order valence-electron chi connectivity index (χ4n) is 2.78. The van der Waals surface area contributed by atoms with Gasteiger partial charge in [-0.2, -0.15) is 0 Å². The molecule has 0 saturated carbocycles. The Morgan fingerprint density at radius 3 is 2.52 bits per heavy atom. The van der Waals surface area contributed by atoms with Gasteiger partial charge in [-0.15, -0.1) is 24.0 Å². The molecule has 31 heavy (non-hydrogen) atoms. The van der Waals surface area contributed by atoms with Crippen LogP contribution in [0, 0.1) is 0 Å². The summed E-state index contributed by atoms with van der Waals surface area (Å²) in [6.45, 7) is 9.06. The molecular weight excluding hydrogens is 509 g/mol. The fraction of sp³-hybridized carbons (Fsp3) is 0.522. The van der Waals surface area contributed by atoms with Crippen LogP contribution in [-0.2, 0) is 11.2 Å². The second kappa shape index (κ2) is 15.9. The molecule has 0 bridgehead atoms. The van der Waals surface area contributed by atoms with Crippen LogP contribution >= 0.6 is 24.0 Å². The first-order valence-electron chi connectivity index (χ1n) is 10.7. The summed E-state index contributed by atoms with van der Waals surface area (Å²) in [5, 5.41) is 17.1. The number of guanidine groups is 1. The highest BCUT2D eigenvalue weighted by Gasteiger charge is 2.09. The molecule has 0 aliphatic carbocycles. The largest absolute Gasteiger partial charge is 0.491 e. The number of benzene rings is 1. The molecule has 1 unspecified atom stereocenters. The summed E-state index contributed by atoms with van der Waals surface area (Å²) in [6, 6.07) is 11.3. The lowest BCUT2D eigenvalue weighted by atomic mass is 10.1. The SMILES string of the molecule is CCOCCCNC(=NCC(O)c1ccc(OC(C)C)cc1)NCCc1ccco1.I. The van der Waals surface area contributed by atoms with E-state index in [1.807, 2.05) is 57.2 Å². The van der Waals surface area contributed by atoms with Crippen LogP contribution in [0.15, 0.2) is 52.1 Å². The summed E-state index contributed by atoms with van der Waals surface area (Å²) < 4.78 is 16.4. The van der Waals surface area contributed by atoms with Gasteiger partial charge in [-0.3, -0.25) is 4.99 Å². The van der Waals surface area contributed by atoms with Crippen molar-refractivity contribution in [3.05, 3.63) is 54.0 Å². The van der Waals surface area contributed by atoms with Gasteiger partial charge in [0.25, 0.3) is 0 Å². The van der Waals surface area contributed by atoms with Crippen LogP contribution in [-0.4, -0.2) is 50.0 Å². The average molecular weight is 545 g/mol. The molecule has 0 fully saturated rings. The number of hydrogen-bond acceptors (Lipinski definition) is 5. The monoisotopic (exact) mass is 545 g/mol. The number of nitrogens with zero attached hydrogens (tertiary/aromatic N) is 1. The van der Waals surface area contributed by atoms with Crippen molar-refractivity contribution >= 4 is 29.9 Å². The Morgan fingerprint density at radius 2 is 1.87 bits per heavy atom. The van der Waals surface area contributed by atoms with Gasteiger partial charge in [0.2, 0.25) is 0 Å². The molecule has 8 heteroatoms. The molecule has 0 amide bonds. The molecule has 174 valence electrons. The third-order valence-electron chi connectivity index (χ3n) is 4.26. The fourth-order valence-corrected chi connectivity index (χ4v) is 2.78. The Kier molecular flexibility index (Phi) is 14.0. The quantitative estimate of drug-likeness (QED) is 0.153. The Hall–Kier alpha value is -1.78. The highest BCUT2D eigenvalue weighted by atomic mass is 127. The molecule has 1 aromatic carbocycles. The van der Waals surface area contributed by atoms with Crippen molar-refractivity contribution in [1.82, 2.24) is 10.6 Å². The van der Waals surface area contributed by atoms with E-state index in [1.54, 1.807) is 6.26 Å². The van der Waals surface area contributed by atoms with E-state index in [4.69, 9.17) is 13.9 Å². The van der Waals surface area contributed by atoms with E-state index in [0.29, 0.717) is 19.1 Å². The number of nitrogens with one attached hydrogen (secondary N) is 2. The number of furan rings is 1. The van der Waals surface area contributed by atoms with Gasteiger partial charge in [0, 0.05) is 32.7 Å². The normalized spacial score (nSPS) is 12.4. The molecule has 0 radical (unpaired) electrons. The maximum absolute atomic E-state index is 10.5. The molecule has 3 N–H and O–H groups in total. The minimum absolute atomic E-state index is 0. The summed E-state index contributed by atoms with van der Waals surface area (Å²) in [4.78, 5) is 4.55. The van der Waals surface area contributed by atoms with Crippen LogP contribution in [0.1, 0.15) is 44.6 Å². The minimum atomic E-state index is -0.690. The molecule has 0 spiro atoms. The molecule has 2 rings (SSSR count). The number of aliphatic hydroxyl groups is 1. The van der Waals surface area contributed by atoms with Crippen molar-refractivity contribution in [2.24, 2.45) is 4.99 Å². The van der Waals surface area contributed by atoms with E-state index in [0.717, 1.165) is 43.1 Å². The average Bonchev–Trinajstić information content (AvgIpc) is 3.24. The van der Waals surface area contributed by atoms with Crippen LogP contribution in [0.25, 0.3) is 0 Å². The predicted octanol–water partition coefficient (Wildman–Crippen LogP) is 3.92. The highest BCUT2D eigenvalue weighted by molar-refractivity contribution is 14.0. The summed E-state index contributed by atoms with van der Waals surface area (Å²) in [5.74, 6) is 2.37. The lowest BCUT2D eigenvalue weighted by Crippen LogP contribution is -2.39. The van der Waals surface area contributed by atoms with Crippen molar-refractivity contribution in [2.45, 2.75) is 45.8 Å². The maximum Gasteiger partial charge on any atom is 0.191 e. The van der Waals surface area contributed by atoms with E-state index in [9.17, 15) is 5.11 Å². The van der Waals surface area contributed by atoms with Crippen LogP contribution < -0.4 is 15.4 Å². The Labute approximate surface area is 202 Å². The molecule has 7 nitrogen and oxygen atoms in total. The lowest BCUT2D eigenvalue weighted by molar-refractivity contribution is 0.145. The number of aliphatic imine (C=N–C) groups is 1. The first kappa shape index (κ1) is 27.3. The second-order valence-electron chi connectivity index (χ2n) is 7.17. The van der Waals surface area contributed by atoms with Gasteiger partial charge in [-0.1, -0.05) is 12.1 Å².